The number of nitrogens with zero attached hydrogens (tertiary/aromatic N) is 2. The van der Waals surface area contributed by atoms with E-state index in [0.29, 0.717) is 22.2 Å². The van der Waals surface area contributed by atoms with Crippen molar-refractivity contribution in [3.05, 3.63) is 51.2 Å². The lowest BCUT2D eigenvalue weighted by molar-refractivity contribution is -0.384. The van der Waals surface area contributed by atoms with Crippen molar-refractivity contribution in [3.8, 4) is 11.3 Å². The highest BCUT2D eigenvalue weighted by atomic mass is 35.5. The Morgan fingerprint density at radius 1 is 1.42 bits per heavy atom. The first kappa shape index (κ1) is 17.9. The number of halogens is 1. The monoisotopic (exact) mass is 366 g/mol. The van der Waals surface area contributed by atoms with E-state index in [2.05, 4.69) is 15.8 Å². The molecule has 2 rings (SSSR count). The molecule has 1 aromatic carbocycles. The number of benzene rings is 1. The fraction of sp³-hybridized carbons (Fsp3) is 0.200. The third kappa shape index (κ3) is 4.77. The Kier molecular flexibility index (Phi) is 5.88. The van der Waals surface area contributed by atoms with E-state index >= 15 is 0 Å². The van der Waals surface area contributed by atoms with Gasteiger partial charge in [0.05, 0.1) is 16.7 Å². The summed E-state index contributed by atoms with van der Waals surface area (Å²) < 4.78 is 5.56. The summed E-state index contributed by atoms with van der Waals surface area (Å²) in [6.45, 7) is 3.91. The van der Waals surface area contributed by atoms with Gasteiger partial charge in [-0.05, 0) is 50.3 Å². The van der Waals surface area contributed by atoms with E-state index in [1.54, 1.807) is 24.3 Å². The van der Waals surface area contributed by atoms with E-state index in [4.69, 9.17) is 28.2 Å². The van der Waals surface area contributed by atoms with Crippen LogP contribution < -0.4 is 10.7 Å². The topological polar surface area (TPSA) is 92.7 Å². The van der Waals surface area contributed by atoms with Crippen molar-refractivity contribution in [2.45, 2.75) is 19.9 Å². The Morgan fingerprint density at radius 2 is 2.17 bits per heavy atom. The maximum absolute atomic E-state index is 11.1. The van der Waals surface area contributed by atoms with E-state index in [1.165, 1.54) is 12.3 Å². The highest BCUT2D eigenvalue weighted by Crippen LogP contribution is 2.33. The number of nitro groups is 1. The molecule has 0 saturated carbocycles. The molecule has 2 N–H and O–H groups in total. The van der Waals surface area contributed by atoms with Gasteiger partial charge in [-0.2, -0.15) is 5.10 Å². The second-order valence-electron chi connectivity index (χ2n) is 5.12. The number of thiocarbonyl (C=S) groups is 1. The van der Waals surface area contributed by atoms with Gasteiger partial charge in [0.1, 0.15) is 11.5 Å². The Hall–Kier alpha value is -2.45. The van der Waals surface area contributed by atoms with Gasteiger partial charge >= 0.3 is 0 Å². The van der Waals surface area contributed by atoms with Gasteiger partial charge in [0.2, 0.25) is 0 Å². The lowest BCUT2D eigenvalue weighted by Crippen LogP contribution is -2.36. The summed E-state index contributed by atoms with van der Waals surface area (Å²) in [6.07, 6.45) is 1.43. The van der Waals surface area contributed by atoms with Gasteiger partial charge in [0.15, 0.2) is 5.11 Å². The largest absolute Gasteiger partial charge is 0.455 e. The fourth-order valence-corrected chi connectivity index (χ4v) is 2.33. The molecule has 7 nitrogen and oxygen atoms in total. The molecule has 1 heterocycles. The summed E-state index contributed by atoms with van der Waals surface area (Å²) in [5.74, 6) is 0.775. The van der Waals surface area contributed by atoms with Crippen LogP contribution in [0.1, 0.15) is 19.6 Å². The number of hydrogen-bond acceptors (Lipinski definition) is 5. The van der Waals surface area contributed by atoms with E-state index in [9.17, 15) is 10.1 Å². The minimum absolute atomic E-state index is 0.124. The fourth-order valence-electron chi connectivity index (χ4n) is 1.88. The molecule has 0 aliphatic heterocycles. The van der Waals surface area contributed by atoms with E-state index in [1.807, 2.05) is 13.8 Å². The molecule has 0 radical (unpaired) electrons. The van der Waals surface area contributed by atoms with Gasteiger partial charge in [-0.1, -0.05) is 11.6 Å². The smallest absolute Gasteiger partial charge is 0.281 e. The third-order valence-electron chi connectivity index (χ3n) is 2.83. The molecular weight excluding hydrogens is 352 g/mol. The maximum Gasteiger partial charge on any atom is 0.281 e. The number of nitro benzene ring substituents is 1. The number of nitrogens with one attached hydrogen (secondary N) is 2. The van der Waals surface area contributed by atoms with Gasteiger partial charge in [0.25, 0.3) is 5.69 Å². The van der Waals surface area contributed by atoms with Crippen molar-refractivity contribution < 1.29 is 9.34 Å². The van der Waals surface area contributed by atoms with E-state index < -0.39 is 4.92 Å². The molecule has 0 aliphatic carbocycles. The van der Waals surface area contributed by atoms with Crippen LogP contribution in [0.2, 0.25) is 5.02 Å². The minimum atomic E-state index is -0.505. The summed E-state index contributed by atoms with van der Waals surface area (Å²) in [7, 11) is 0. The number of hydrogen-bond donors (Lipinski definition) is 2. The maximum atomic E-state index is 11.1. The average molecular weight is 367 g/mol. The first-order valence-electron chi connectivity index (χ1n) is 7.00. The Balaban J connectivity index is 2.14. The number of furan rings is 1. The molecule has 0 aliphatic rings. The number of hydrazone groups is 1. The highest BCUT2D eigenvalue weighted by molar-refractivity contribution is 7.80. The lowest BCUT2D eigenvalue weighted by Gasteiger charge is -2.09. The summed E-state index contributed by atoms with van der Waals surface area (Å²) in [6, 6.07) is 7.86. The van der Waals surface area contributed by atoms with Crippen LogP contribution in [0.15, 0.2) is 39.9 Å². The van der Waals surface area contributed by atoms with Crippen LogP contribution in [0.4, 0.5) is 5.69 Å². The van der Waals surface area contributed by atoms with Crippen LogP contribution in [-0.2, 0) is 0 Å². The molecule has 1 aromatic heterocycles. The molecule has 0 bridgehead atoms. The molecule has 9 heteroatoms. The second-order valence-corrected chi connectivity index (χ2v) is 5.96. The van der Waals surface area contributed by atoms with Crippen LogP contribution in [0.5, 0.6) is 0 Å². The first-order valence-corrected chi connectivity index (χ1v) is 7.79. The minimum Gasteiger partial charge on any atom is -0.455 e. The van der Waals surface area contributed by atoms with Crippen molar-refractivity contribution in [1.29, 1.82) is 0 Å². The first-order chi connectivity index (χ1) is 11.4. The zero-order valence-corrected chi connectivity index (χ0v) is 14.5. The summed E-state index contributed by atoms with van der Waals surface area (Å²) in [5, 5.41) is 18.7. The molecule has 0 saturated heterocycles. The second kappa shape index (κ2) is 7.89. The van der Waals surface area contributed by atoms with Crippen molar-refractivity contribution in [3.63, 3.8) is 0 Å². The van der Waals surface area contributed by atoms with Crippen molar-refractivity contribution >= 4 is 40.8 Å². The zero-order valence-electron chi connectivity index (χ0n) is 12.9. The molecule has 126 valence electrons. The van der Waals surface area contributed by atoms with Gasteiger partial charge in [0, 0.05) is 17.1 Å². The predicted octanol–water partition coefficient (Wildman–Crippen LogP) is 3.71. The van der Waals surface area contributed by atoms with E-state index in [0.717, 1.165) is 0 Å². The molecule has 0 fully saturated rings. The molecule has 0 spiro atoms. The van der Waals surface area contributed by atoms with E-state index in [-0.39, 0.29) is 16.8 Å². The van der Waals surface area contributed by atoms with Crippen LogP contribution in [-0.4, -0.2) is 22.3 Å². The molecular formula is C15H15ClN4O3S. The normalized spacial score (nSPS) is 11.0. The van der Waals surface area contributed by atoms with Crippen molar-refractivity contribution in [1.82, 2.24) is 10.7 Å². The SMILES string of the molecule is CC(C)NC(=S)N/N=C\c1ccc(-c2ccc(Cl)cc2[N+](=O)[O-])o1. The summed E-state index contributed by atoms with van der Waals surface area (Å²) in [5.41, 5.74) is 2.87. The molecule has 0 amide bonds. The van der Waals surface area contributed by atoms with Crippen molar-refractivity contribution in [2.75, 3.05) is 0 Å². The van der Waals surface area contributed by atoms with Crippen LogP contribution in [0.25, 0.3) is 11.3 Å². The van der Waals surface area contributed by atoms with Crippen molar-refractivity contribution in [2.24, 2.45) is 5.10 Å². The molecule has 2 aromatic rings. The average Bonchev–Trinajstić information content (AvgIpc) is 2.95. The zero-order chi connectivity index (χ0) is 17.7. The van der Waals surface area contributed by atoms with Crippen LogP contribution in [0.3, 0.4) is 0 Å². The third-order valence-corrected chi connectivity index (χ3v) is 3.27. The Labute approximate surface area is 148 Å². The Morgan fingerprint density at radius 3 is 2.83 bits per heavy atom. The molecule has 0 atom stereocenters. The summed E-state index contributed by atoms with van der Waals surface area (Å²) in [4.78, 5) is 10.6. The Bertz CT molecular complexity index is 789. The highest BCUT2D eigenvalue weighted by Gasteiger charge is 2.18. The van der Waals surface area contributed by atoms with Gasteiger partial charge in [-0.3, -0.25) is 15.5 Å². The van der Waals surface area contributed by atoms with Crippen LogP contribution >= 0.6 is 23.8 Å². The predicted molar refractivity (Wildman–Crippen MR) is 97.4 cm³/mol. The van der Waals surface area contributed by atoms with Gasteiger partial charge in [-0.15, -0.1) is 0 Å². The standard InChI is InChI=1S/C15H15ClN4O3S/c1-9(2)18-15(24)19-17-8-11-4-6-14(23-11)12-5-3-10(16)7-13(12)20(21)22/h3-9H,1-2H3,(H2,18,19,24)/b17-8-. The van der Waals surface area contributed by atoms with Crippen LogP contribution in [0, 0.1) is 10.1 Å². The van der Waals surface area contributed by atoms with Gasteiger partial charge < -0.3 is 9.73 Å². The molecule has 0 unspecified atom stereocenters. The quantitative estimate of drug-likeness (QED) is 0.362. The van der Waals surface area contributed by atoms with Gasteiger partial charge in [-0.25, -0.2) is 0 Å². The lowest BCUT2D eigenvalue weighted by atomic mass is 10.1. The molecule has 24 heavy (non-hydrogen) atoms. The number of rotatable bonds is 5. The summed E-state index contributed by atoms with van der Waals surface area (Å²) >= 11 is 10.8.